The summed E-state index contributed by atoms with van der Waals surface area (Å²) in [6.07, 6.45) is 0.573. The van der Waals surface area contributed by atoms with Gasteiger partial charge in [0, 0.05) is 32.4 Å². The van der Waals surface area contributed by atoms with Crippen molar-refractivity contribution < 1.29 is 19.8 Å². The van der Waals surface area contributed by atoms with Gasteiger partial charge in [0.25, 0.3) is 0 Å². The average molecular weight is 333 g/mol. The van der Waals surface area contributed by atoms with Crippen LogP contribution in [0.4, 0.5) is 0 Å². The van der Waals surface area contributed by atoms with E-state index in [1.54, 1.807) is 4.90 Å². The van der Waals surface area contributed by atoms with Crippen molar-refractivity contribution in [2.45, 2.75) is 57.5 Å². The second-order valence-electron chi connectivity index (χ2n) is 7.14. The summed E-state index contributed by atoms with van der Waals surface area (Å²) in [5, 5.41) is 19.0. The standard InChI is InChI=1S/C19H27NO4/c1-13(2)15-4-6-16(7-5-15)14(3)12-17(21)20-10-8-19(24,9-11-20)18(22)23/h4-7,13-14,24H,8-12H2,1-3H3,(H,22,23). The molecule has 1 amide bonds. The molecule has 1 aromatic rings. The third kappa shape index (κ3) is 4.15. The maximum atomic E-state index is 12.4. The number of amides is 1. The first kappa shape index (κ1) is 18.5. The van der Waals surface area contributed by atoms with Crippen LogP contribution in [0.15, 0.2) is 24.3 Å². The lowest BCUT2D eigenvalue weighted by atomic mass is 9.90. The van der Waals surface area contributed by atoms with Crippen LogP contribution in [-0.4, -0.2) is 45.7 Å². The predicted molar refractivity (Wildman–Crippen MR) is 92.0 cm³/mol. The van der Waals surface area contributed by atoms with E-state index in [1.165, 1.54) is 5.56 Å². The Kier molecular flexibility index (Phi) is 5.65. The molecule has 0 saturated carbocycles. The molecule has 0 aromatic heterocycles. The minimum Gasteiger partial charge on any atom is -0.479 e. The van der Waals surface area contributed by atoms with E-state index in [0.717, 1.165) is 5.56 Å². The highest BCUT2D eigenvalue weighted by atomic mass is 16.4. The predicted octanol–water partition coefficient (Wildman–Crippen LogP) is 2.74. The van der Waals surface area contributed by atoms with Crippen molar-refractivity contribution in [3.63, 3.8) is 0 Å². The molecular weight excluding hydrogens is 306 g/mol. The zero-order valence-corrected chi connectivity index (χ0v) is 14.7. The number of nitrogens with zero attached hydrogens (tertiary/aromatic N) is 1. The molecule has 0 aliphatic carbocycles. The highest BCUT2D eigenvalue weighted by Gasteiger charge is 2.40. The number of rotatable bonds is 5. The van der Waals surface area contributed by atoms with Crippen molar-refractivity contribution in [3.8, 4) is 0 Å². The van der Waals surface area contributed by atoms with Gasteiger partial charge in [0.05, 0.1) is 0 Å². The van der Waals surface area contributed by atoms with Crippen LogP contribution in [0.2, 0.25) is 0 Å². The van der Waals surface area contributed by atoms with Crippen LogP contribution < -0.4 is 0 Å². The number of aliphatic hydroxyl groups is 1. The quantitative estimate of drug-likeness (QED) is 0.868. The van der Waals surface area contributed by atoms with Gasteiger partial charge < -0.3 is 15.1 Å². The fraction of sp³-hybridized carbons (Fsp3) is 0.579. The van der Waals surface area contributed by atoms with E-state index in [1.807, 2.05) is 6.92 Å². The fourth-order valence-electron chi connectivity index (χ4n) is 3.06. The van der Waals surface area contributed by atoms with Crippen LogP contribution in [0.5, 0.6) is 0 Å². The molecule has 2 rings (SSSR count). The highest BCUT2D eigenvalue weighted by Crippen LogP contribution is 2.26. The van der Waals surface area contributed by atoms with E-state index in [4.69, 9.17) is 5.11 Å². The normalized spacial score (nSPS) is 18.5. The molecule has 1 unspecified atom stereocenters. The summed E-state index contributed by atoms with van der Waals surface area (Å²) in [5.74, 6) is -0.590. The van der Waals surface area contributed by atoms with Gasteiger partial charge in [0.15, 0.2) is 5.60 Å². The molecule has 5 nitrogen and oxygen atoms in total. The lowest BCUT2D eigenvalue weighted by Gasteiger charge is -2.35. The van der Waals surface area contributed by atoms with E-state index in [-0.39, 0.29) is 24.7 Å². The number of hydrogen-bond donors (Lipinski definition) is 2. The van der Waals surface area contributed by atoms with Crippen molar-refractivity contribution >= 4 is 11.9 Å². The Morgan fingerprint density at radius 1 is 1.08 bits per heavy atom. The molecule has 1 fully saturated rings. The van der Waals surface area contributed by atoms with E-state index in [9.17, 15) is 14.7 Å². The first-order chi connectivity index (χ1) is 11.2. The Morgan fingerprint density at radius 2 is 1.58 bits per heavy atom. The van der Waals surface area contributed by atoms with Gasteiger partial charge in [-0.3, -0.25) is 4.79 Å². The molecule has 0 spiro atoms. The monoisotopic (exact) mass is 333 g/mol. The van der Waals surface area contributed by atoms with E-state index >= 15 is 0 Å². The molecule has 132 valence electrons. The molecule has 0 radical (unpaired) electrons. The second kappa shape index (κ2) is 7.34. The number of carbonyl (C=O) groups excluding carboxylic acids is 1. The number of benzene rings is 1. The number of aliphatic carboxylic acids is 1. The number of carbonyl (C=O) groups is 2. The van der Waals surface area contributed by atoms with Gasteiger partial charge in [0.2, 0.25) is 5.91 Å². The van der Waals surface area contributed by atoms with Crippen LogP contribution in [0.1, 0.15) is 63.0 Å². The van der Waals surface area contributed by atoms with Crippen LogP contribution >= 0.6 is 0 Å². The molecule has 1 aliphatic rings. The van der Waals surface area contributed by atoms with Crippen molar-refractivity contribution in [2.75, 3.05) is 13.1 Å². The van der Waals surface area contributed by atoms with Gasteiger partial charge in [-0.2, -0.15) is 0 Å². The zero-order valence-electron chi connectivity index (χ0n) is 14.7. The first-order valence-electron chi connectivity index (χ1n) is 8.56. The van der Waals surface area contributed by atoms with E-state index < -0.39 is 11.6 Å². The van der Waals surface area contributed by atoms with Gasteiger partial charge in [0.1, 0.15) is 0 Å². The van der Waals surface area contributed by atoms with Crippen LogP contribution in [0.25, 0.3) is 0 Å². The second-order valence-corrected chi connectivity index (χ2v) is 7.14. The molecule has 1 heterocycles. The topological polar surface area (TPSA) is 77.8 Å². The Morgan fingerprint density at radius 3 is 2.04 bits per heavy atom. The zero-order chi connectivity index (χ0) is 17.9. The van der Waals surface area contributed by atoms with Crippen molar-refractivity contribution in [1.29, 1.82) is 0 Å². The van der Waals surface area contributed by atoms with E-state index in [2.05, 4.69) is 38.1 Å². The maximum absolute atomic E-state index is 12.4. The van der Waals surface area contributed by atoms with Crippen molar-refractivity contribution in [2.24, 2.45) is 0 Å². The Balaban J connectivity index is 1.91. The minimum absolute atomic E-state index is 0.0166. The Hall–Kier alpha value is -1.88. The average Bonchev–Trinajstić information content (AvgIpc) is 2.55. The summed E-state index contributed by atoms with van der Waals surface area (Å²) in [5.41, 5.74) is 0.725. The first-order valence-corrected chi connectivity index (χ1v) is 8.56. The number of carboxylic acids is 1. The minimum atomic E-state index is -1.69. The molecule has 5 heteroatoms. The van der Waals surface area contributed by atoms with Crippen LogP contribution in [-0.2, 0) is 9.59 Å². The summed E-state index contributed by atoms with van der Waals surface area (Å²) >= 11 is 0. The molecule has 1 saturated heterocycles. The molecule has 1 aromatic carbocycles. The number of hydrogen-bond acceptors (Lipinski definition) is 3. The van der Waals surface area contributed by atoms with Crippen molar-refractivity contribution in [3.05, 3.63) is 35.4 Å². The SMILES string of the molecule is CC(C)c1ccc(C(C)CC(=O)N2CCC(O)(C(=O)O)CC2)cc1. The van der Waals surface area contributed by atoms with Gasteiger partial charge in [-0.15, -0.1) is 0 Å². The van der Waals surface area contributed by atoms with Gasteiger partial charge in [-0.1, -0.05) is 45.0 Å². The summed E-state index contributed by atoms with van der Waals surface area (Å²) in [6, 6.07) is 8.36. The van der Waals surface area contributed by atoms with Crippen molar-refractivity contribution in [1.82, 2.24) is 4.90 Å². The lowest BCUT2D eigenvalue weighted by Crippen LogP contribution is -2.50. The smallest absolute Gasteiger partial charge is 0.335 e. The Bertz CT molecular complexity index is 586. The molecule has 1 aliphatic heterocycles. The third-order valence-electron chi connectivity index (χ3n) is 4.99. The fourth-order valence-corrected chi connectivity index (χ4v) is 3.06. The maximum Gasteiger partial charge on any atom is 0.335 e. The summed E-state index contributed by atoms with van der Waals surface area (Å²) in [7, 11) is 0. The molecule has 0 bridgehead atoms. The number of carboxylic acid groups (broad SMARTS) is 1. The summed E-state index contributed by atoms with van der Waals surface area (Å²) in [6.45, 7) is 6.91. The van der Waals surface area contributed by atoms with Gasteiger partial charge in [-0.25, -0.2) is 4.79 Å². The van der Waals surface area contributed by atoms with Crippen LogP contribution in [0.3, 0.4) is 0 Å². The lowest BCUT2D eigenvalue weighted by molar-refractivity contribution is -0.165. The van der Waals surface area contributed by atoms with Gasteiger partial charge in [-0.05, 0) is 23.0 Å². The molecule has 1 atom stereocenters. The van der Waals surface area contributed by atoms with Crippen LogP contribution in [0, 0.1) is 0 Å². The molecule has 24 heavy (non-hydrogen) atoms. The molecular formula is C19H27NO4. The third-order valence-corrected chi connectivity index (χ3v) is 4.99. The van der Waals surface area contributed by atoms with E-state index in [0.29, 0.717) is 25.4 Å². The van der Waals surface area contributed by atoms with Gasteiger partial charge >= 0.3 is 5.97 Å². The highest BCUT2D eigenvalue weighted by molar-refractivity contribution is 5.80. The Labute approximate surface area is 143 Å². The largest absolute Gasteiger partial charge is 0.479 e. The summed E-state index contributed by atoms with van der Waals surface area (Å²) in [4.78, 5) is 25.1. The number of likely N-dealkylation sites (tertiary alicyclic amines) is 1. The summed E-state index contributed by atoms with van der Waals surface area (Å²) < 4.78 is 0. The number of piperidine rings is 1. The molecule has 2 N–H and O–H groups in total.